The first kappa shape index (κ1) is 50.4. The zero-order chi connectivity index (χ0) is 43.6. The number of aliphatic hydroxyl groups is 9. The molecule has 19 nitrogen and oxygen atoms in total. The molecule has 4 aliphatic heterocycles. The maximum absolute atomic E-state index is 11.4. The molecule has 346 valence electrons. The Balaban J connectivity index is 1.44. The van der Waals surface area contributed by atoms with Crippen LogP contribution in [-0.4, -0.2) is 186 Å². The molecule has 0 saturated carbocycles. The van der Waals surface area contributed by atoms with Crippen LogP contribution in [0, 0.1) is 0 Å². The number of hydrogen-bond donors (Lipinski definition) is 10. The first-order chi connectivity index (χ1) is 28.0. The van der Waals surface area contributed by atoms with Crippen LogP contribution in [0.25, 0.3) is 0 Å². The highest BCUT2D eigenvalue weighted by Crippen LogP contribution is 2.35. The van der Waals surface area contributed by atoms with Gasteiger partial charge in [-0.05, 0) is 47.0 Å². The molecule has 0 spiro atoms. The lowest BCUT2D eigenvalue weighted by Gasteiger charge is -2.49. The highest BCUT2D eigenvalue weighted by atomic mass is 16.8. The van der Waals surface area contributed by atoms with Crippen LogP contribution >= 0.6 is 0 Å². The Morgan fingerprint density at radius 2 is 0.847 bits per heavy atom. The van der Waals surface area contributed by atoms with E-state index in [0.29, 0.717) is 19.3 Å². The van der Waals surface area contributed by atoms with Gasteiger partial charge in [0.1, 0.15) is 73.2 Å². The largest absolute Gasteiger partial charge is 0.481 e. The smallest absolute Gasteiger partial charge is 0.303 e. The van der Waals surface area contributed by atoms with E-state index in [1.165, 1.54) is 20.8 Å². The van der Waals surface area contributed by atoms with Gasteiger partial charge in [-0.15, -0.1) is 0 Å². The molecule has 59 heavy (non-hydrogen) atoms. The highest BCUT2D eigenvalue weighted by Gasteiger charge is 2.54. The lowest BCUT2D eigenvalue weighted by Crippen LogP contribution is -2.66. The monoisotopic (exact) mass is 856 g/mol. The fraction of sp³-hybridized carbons (Fsp3) is 0.975. The van der Waals surface area contributed by atoms with Crippen LogP contribution in [-0.2, 0) is 42.7 Å². The van der Waals surface area contributed by atoms with Crippen molar-refractivity contribution in [2.45, 2.75) is 247 Å². The fourth-order valence-corrected chi connectivity index (χ4v) is 8.03. The minimum Gasteiger partial charge on any atom is -0.481 e. The summed E-state index contributed by atoms with van der Waals surface area (Å²) in [6.07, 6.45) is -18.2. The van der Waals surface area contributed by atoms with Crippen molar-refractivity contribution < 1.29 is 93.8 Å². The van der Waals surface area contributed by atoms with Gasteiger partial charge in [0.15, 0.2) is 25.2 Å². The van der Waals surface area contributed by atoms with Crippen LogP contribution in [0.1, 0.15) is 118 Å². The molecule has 19 heteroatoms. The number of carbonyl (C=O) groups is 1. The Morgan fingerprint density at radius 3 is 1.41 bits per heavy atom. The van der Waals surface area contributed by atoms with Crippen molar-refractivity contribution in [1.29, 1.82) is 0 Å². The number of aliphatic hydroxyl groups excluding tert-OH is 9. The van der Waals surface area contributed by atoms with Crippen molar-refractivity contribution in [2.75, 3.05) is 0 Å². The number of unbranched alkanes of at least 4 members (excludes halogenated alkanes) is 8. The zero-order valence-corrected chi connectivity index (χ0v) is 35.0. The van der Waals surface area contributed by atoms with E-state index in [1.54, 1.807) is 6.92 Å². The first-order valence-electron chi connectivity index (χ1n) is 21.5. The summed E-state index contributed by atoms with van der Waals surface area (Å²) in [6, 6.07) is 0. The predicted octanol–water partition coefficient (Wildman–Crippen LogP) is -0.0697. The van der Waals surface area contributed by atoms with Crippen LogP contribution < -0.4 is 0 Å². The molecule has 4 aliphatic rings. The third-order valence-electron chi connectivity index (χ3n) is 11.9. The van der Waals surface area contributed by atoms with Gasteiger partial charge >= 0.3 is 5.97 Å². The van der Waals surface area contributed by atoms with E-state index < -0.39 is 129 Å². The van der Waals surface area contributed by atoms with Crippen molar-refractivity contribution in [3.05, 3.63) is 0 Å². The molecule has 0 aromatic heterocycles. The summed E-state index contributed by atoms with van der Waals surface area (Å²) < 4.78 is 47.9. The molecule has 4 heterocycles. The Bertz CT molecular complexity index is 1220. The molecule has 4 saturated heterocycles. The summed E-state index contributed by atoms with van der Waals surface area (Å²) >= 11 is 0. The molecule has 0 bridgehead atoms. The number of carboxylic acid groups (broad SMARTS) is 1. The second kappa shape index (κ2) is 24.0. The van der Waals surface area contributed by atoms with Gasteiger partial charge in [0, 0.05) is 6.42 Å². The Hall–Kier alpha value is -1.21. The van der Waals surface area contributed by atoms with Crippen molar-refractivity contribution in [1.82, 2.24) is 0 Å². The molecule has 0 amide bonds. The minimum absolute atomic E-state index is 0.180. The highest BCUT2D eigenvalue weighted by molar-refractivity contribution is 5.66. The van der Waals surface area contributed by atoms with Gasteiger partial charge in [-0.3, -0.25) is 4.79 Å². The molecule has 10 N–H and O–H groups in total. The number of ether oxygens (including phenoxy) is 8. The van der Waals surface area contributed by atoms with E-state index in [4.69, 9.17) is 43.0 Å². The summed E-state index contributed by atoms with van der Waals surface area (Å²) in [7, 11) is 0. The summed E-state index contributed by atoms with van der Waals surface area (Å²) in [5.74, 6) is -0.781. The van der Waals surface area contributed by atoms with Crippen LogP contribution in [0.15, 0.2) is 0 Å². The normalized spacial score (nSPS) is 43.7. The fourth-order valence-electron chi connectivity index (χ4n) is 8.03. The SMILES string of the molecule is CCCCC[C@H](CCCCCCCCCC(=O)O)O[C@@H]1O[C@H](C)[C@@H](O)[C@H](O)[C@H]1O[C@@H]1O[C@H](C)[C@@H](O)[C@H](O)[C@H]1O[C@@H]1O[C@@H](C)[C@H](O[C@@H]2O[C@H](C)[C@H](O)[C@H](O)[C@H]2O)[C@@H](O)[C@H]1O. The molecular weight excluding hydrogens is 784 g/mol. The average Bonchev–Trinajstić information content (AvgIpc) is 3.19. The molecule has 0 aromatic rings. The van der Waals surface area contributed by atoms with Gasteiger partial charge in [0.05, 0.1) is 30.5 Å². The average molecular weight is 857 g/mol. The molecule has 0 aliphatic carbocycles. The molecule has 4 rings (SSSR count). The van der Waals surface area contributed by atoms with Crippen molar-refractivity contribution in [3.8, 4) is 0 Å². The van der Waals surface area contributed by atoms with Gasteiger partial charge in [-0.2, -0.15) is 0 Å². The summed E-state index contributed by atoms with van der Waals surface area (Å²) in [6.45, 7) is 8.10. The summed E-state index contributed by atoms with van der Waals surface area (Å²) in [5.41, 5.74) is 0. The van der Waals surface area contributed by atoms with Crippen molar-refractivity contribution in [2.24, 2.45) is 0 Å². The van der Waals surface area contributed by atoms with Gasteiger partial charge in [0.25, 0.3) is 0 Å². The Kier molecular flexibility index (Phi) is 20.5. The quantitative estimate of drug-likeness (QED) is 0.0638. The second-order valence-corrected chi connectivity index (χ2v) is 16.7. The lowest BCUT2D eigenvalue weighted by molar-refractivity contribution is -0.397. The van der Waals surface area contributed by atoms with Gasteiger partial charge in [-0.25, -0.2) is 0 Å². The summed E-state index contributed by atoms with van der Waals surface area (Å²) in [5, 5.41) is 106. The summed E-state index contributed by atoms with van der Waals surface area (Å²) in [4.78, 5) is 10.8. The second-order valence-electron chi connectivity index (χ2n) is 16.7. The first-order valence-corrected chi connectivity index (χ1v) is 21.5. The molecule has 4 fully saturated rings. The van der Waals surface area contributed by atoms with E-state index >= 15 is 0 Å². The Morgan fingerprint density at radius 1 is 0.458 bits per heavy atom. The Labute approximate surface area is 346 Å². The number of carboxylic acids is 1. The third-order valence-corrected chi connectivity index (χ3v) is 11.9. The van der Waals surface area contributed by atoms with E-state index in [1.807, 2.05) is 0 Å². The molecule has 0 unspecified atom stereocenters. The van der Waals surface area contributed by atoms with Crippen LogP contribution in [0.4, 0.5) is 0 Å². The maximum Gasteiger partial charge on any atom is 0.303 e. The van der Waals surface area contributed by atoms with Crippen molar-refractivity contribution in [3.63, 3.8) is 0 Å². The lowest BCUT2D eigenvalue weighted by atomic mass is 9.96. The van der Waals surface area contributed by atoms with Gasteiger partial charge in [-0.1, -0.05) is 64.7 Å². The minimum atomic E-state index is -1.85. The van der Waals surface area contributed by atoms with Crippen LogP contribution in [0.5, 0.6) is 0 Å². The van der Waals surface area contributed by atoms with Gasteiger partial charge < -0.3 is 89.0 Å². The van der Waals surface area contributed by atoms with E-state index in [9.17, 15) is 50.8 Å². The van der Waals surface area contributed by atoms with E-state index in [-0.39, 0.29) is 12.5 Å². The molecular formula is C40H72O19. The van der Waals surface area contributed by atoms with Gasteiger partial charge in [0.2, 0.25) is 0 Å². The van der Waals surface area contributed by atoms with Crippen LogP contribution in [0.3, 0.4) is 0 Å². The molecule has 21 atom stereocenters. The molecule has 0 aromatic carbocycles. The van der Waals surface area contributed by atoms with E-state index in [2.05, 4.69) is 6.92 Å². The zero-order valence-electron chi connectivity index (χ0n) is 35.0. The number of rotatable bonds is 22. The molecule has 0 radical (unpaired) electrons. The number of hydrogen-bond acceptors (Lipinski definition) is 18. The maximum atomic E-state index is 11.4. The van der Waals surface area contributed by atoms with Crippen molar-refractivity contribution >= 4 is 5.97 Å². The number of aliphatic carboxylic acids is 1. The standard InChI is InChI=1S/C40H72O19/c1-6-7-13-16-23(17-14-11-9-8-10-12-15-18-24(41)42)56-39-35(29(47)26(44)20(3)53-39)59-40-36(30(48)27(45)21(4)54-40)58-38-33(51)31(49)34(22(5)55-38)57-37-32(50)28(46)25(43)19(2)52-37/h19-23,25-40,43-51H,6-18H2,1-5H3,(H,41,42)/t19-,20-,21-,22+,23-,25+,26-,27-,28+,29+,30+,31+,32-,33-,34+,35-,36-,37+,38+,39+,40+/m1/s1. The van der Waals surface area contributed by atoms with Crippen LogP contribution in [0.2, 0.25) is 0 Å². The van der Waals surface area contributed by atoms with E-state index in [0.717, 1.165) is 57.8 Å². The topological polar surface area (TPSA) is 293 Å². The predicted molar refractivity (Wildman–Crippen MR) is 204 cm³/mol. The third kappa shape index (κ3) is 13.6.